The summed E-state index contributed by atoms with van der Waals surface area (Å²) in [6, 6.07) is 10.1. The first kappa shape index (κ1) is 9.93. The fourth-order valence-corrected chi connectivity index (χ4v) is 1.49. The van der Waals surface area contributed by atoms with Crippen LogP contribution >= 0.6 is 0 Å². The van der Waals surface area contributed by atoms with Gasteiger partial charge in [0, 0.05) is 11.6 Å². The van der Waals surface area contributed by atoms with Crippen molar-refractivity contribution in [1.82, 2.24) is 9.97 Å². The summed E-state index contributed by atoms with van der Waals surface area (Å²) in [7, 11) is 0. The van der Waals surface area contributed by atoms with Gasteiger partial charge in [-0.25, -0.2) is 4.98 Å². The van der Waals surface area contributed by atoms with Crippen molar-refractivity contribution in [3.8, 4) is 11.4 Å². The number of H-pyrrole nitrogens is 1. The summed E-state index contributed by atoms with van der Waals surface area (Å²) in [6.45, 7) is 2.06. The maximum absolute atomic E-state index is 5.91. The average molecular weight is 201 g/mol. The summed E-state index contributed by atoms with van der Waals surface area (Å²) in [4.78, 5) is 7.56. The third-order valence-electron chi connectivity index (χ3n) is 2.48. The second kappa shape index (κ2) is 4.28. The number of nitrogens with two attached hydrogens (primary N) is 1. The molecule has 0 saturated heterocycles. The van der Waals surface area contributed by atoms with Gasteiger partial charge in [-0.15, -0.1) is 0 Å². The molecule has 0 bridgehead atoms. The summed E-state index contributed by atoms with van der Waals surface area (Å²) >= 11 is 0. The van der Waals surface area contributed by atoms with E-state index < -0.39 is 0 Å². The number of hydrogen-bond donors (Lipinski definition) is 2. The second-order valence-electron chi connectivity index (χ2n) is 3.57. The van der Waals surface area contributed by atoms with Gasteiger partial charge >= 0.3 is 0 Å². The molecule has 3 nitrogen and oxygen atoms in total. The van der Waals surface area contributed by atoms with Crippen LogP contribution in [0.4, 0.5) is 0 Å². The van der Waals surface area contributed by atoms with E-state index in [1.54, 1.807) is 0 Å². The monoisotopic (exact) mass is 201 g/mol. The lowest BCUT2D eigenvalue weighted by Gasteiger charge is -2.04. The van der Waals surface area contributed by atoms with Gasteiger partial charge in [-0.2, -0.15) is 0 Å². The van der Waals surface area contributed by atoms with Crippen molar-refractivity contribution < 1.29 is 0 Å². The van der Waals surface area contributed by atoms with Gasteiger partial charge in [-0.05, 0) is 6.42 Å². The number of aromatic amines is 1. The van der Waals surface area contributed by atoms with E-state index in [1.807, 2.05) is 36.5 Å². The lowest BCUT2D eigenvalue weighted by Crippen LogP contribution is -2.08. The van der Waals surface area contributed by atoms with E-state index in [9.17, 15) is 0 Å². The topological polar surface area (TPSA) is 54.7 Å². The van der Waals surface area contributed by atoms with Gasteiger partial charge in [-0.3, -0.25) is 0 Å². The van der Waals surface area contributed by atoms with E-state index in [0.717, 1.165) is 23.5 Å². The van der Waals surface area contributed by atoms with Gasteiger partial charge in [0.25, 0.3) is 0 Å². The van der Waals surface area contributed by atoms with Crippen LogP contribution in [0, 0.1) is 0 Å². The van der Waals surface area contributed by atoms with E-state index in [4.69, 9.17) is 5.73 Å². The molecule has 0 saturated carbocycles. The first-order valence-electron chi connectivity index (χ1n) is 5.17. The highest BCUT2D eigenvalue weighted by atomic mass is 14.9. The first-order chi connectivity index (χ1) is 7.31. The van der Waals surface area contributed by atoms with E-state index in [2.05, 4.69) is 16.9 Å². The SMILES string of the molecule is CCC(N)c1cnc(-c2ccccc2)[nH]1. The molecule has 0 amide bonds. The molecule has 15 heavy (non-hydrogen) atoms. The third-order valence-corrected chi connectivity index (χ3v) is 2.48. The van der Waals surface area contributed by atoms with Crippen LogP contribution in [0.2, 0.25) is 0 Å². The molecule has 1 aromatic heterocycles. The maximum Gasteiger partial charge on any atom is 0.137 e. The van der Waals surface area contributed by atoms with Crippen molar-refractivity contribution in [2.75, 3.05) is 0 Å². The molecule has 3 N–H and O–H groups in total. The summed E-state index contributed by atoms with van der Waals surface area (Å²) < 4.78 is 0. The fraction of sp³-hybridized carbons (Fsp3) is 0.250. The summed E-state index contributed by atoms with van der Waals surface area (Å²) in [5, 5.41) is 0. The van der Waals surface area contributed by atoms with E-state index >= 15 is 0 Å². The van der Waals surface area contributed by atoms with E-state index in [1.165, 1.54) is 0 Å². The van der Waals surface area contributed by atoms with Crippen molar-refractivity contribution in [3.05, 3.63) is 42.2 Å². The second-order valence-corrected chi connectivity index (χ2v) is 3.57. The van der Waals surface area contributed by atoms with Crippen LogP contribution in [0.5, 0.6) is 0 Å². The molecule has 0 aliphatic rings. The minimum absolute atomic E-state index is 0.0509. The predicted molar refractivity (Wildman–Crippen MR) is 61.2 cm³/mol. The largest absolute Gasteiger partial charge is 0.341 e. The molecule has 0 aliphatic carbocycles. The molecular formula is C12H15N3. The quantitative estimate of drug-likeness (QED) is 0.801. The standard InChI is InChI=1S/C12H15N3/c1-2-10(13)11-8-14-12(15-11)9-6-4-3-5-7-9/h3-8,10H,2,13H2,1H3,(H,14,15). The molecule has 2 aromatic rings. The smallest absolute Gasteiger partial charge is 0.137 e. The lowest BCUT2D eigenvalue weighted by molar-refractivity contribution is 0.680. The highest BCUT2D eigenvalue weighted by Crippen LogP contribution is 2.18. The molecule has 78 valence electrons. The lowest BCUT2D eigenvalue weighted by atomic mass is 10.2. The Balaban J connectivity index is 2.28. The fourth-order valence-electron chi connectivity index (χ4n) is 1.49. The Hall–Kier alpha value is -1.61. The molecule has 2 rings (SSSR count). The number of aromatic nitrogens is 2. The average Bonchev–Trinajstić information content (AvgIpc) is 2.78. The number of rotatable bonds is 3. The van der Waals surface area contributed by atoms with Crippen molar-refractivity contribution in [2.24, 2.45) is 5.73 Å². The Morgan fingerprint density at radius 3 is 2.73 bits per heavy atom. The minimum atomic E-state index is 0.0509. The van der Waals surface area contributed by atoms with Crippen LogP contribution in [0.1, 0.15) is 25.1 Å². The van der Waals surface area contributed by atoms with Gasteiger partial charge in [0.15, 0.2) is 0 Å². The molecule has 0 spiro atoms. The molecule has 3 heteroatoms. The third kappa shape index (κ3) is 2.07. The number of nitrogens with zero attached hydrogens (tertiary/aromatic N) is 1. The Bertz CT molecular complexity index is 419. The molecule has 0 fully saturated rings. The van der Waals surface area contributed by atoms with Crippen LogP contribution in [-0.4, -0.2) is 9.97 Å². The Morgan fingerprint density at radius 1 is 1.33 bits per heavy atom. The summed E-state index contributed by atoms with van der Waals surface area (Å²) in [5.41, 5.74) is 8.00. The number of hydrogen-bond acceptors (Lipinski definition) is 2. The highest BCUT2D eigenvalue weighted by molar-refractivity contribution is 5.54. The van der Waals surface area contributed by atoms with Gasteiger partial charge in [0.2, 0.25) is 0 Å². The highest BCUT2D eigenvalue weighted by Gasteiger charge is 2.07. The number of imidazole rings is 1. The van der Waals surface area contributed by atoms with Gasteiger partial charge < -0.3 is 10.7 Å². The van der Waals surface area contributed by atoms with Crippen LogP contribution < -0.4 is 5.73 Å². The molecule has 0 aliphatic heterocycles. The van der Waals surface area contributed by atoms with Gasteiger partial charge in [0.05, 0.1) is 11.9 Å². The van der Waals surface area contributed by atoms with Gasteiger partial charge in [0.1, 0.15) is 5.82 Å². The normalized spacial score (nSPS) is 12.7. The summed E-state index contributed by atoms with van der Waals surface area (Å²) in [5.74, 6) is 0.884. The van der Waals surface area contributed by atoms with Crippen molar-refractivity contribution in [2.45, 2.75) is 19.4 Å². The molecular weight excluding hydrogens is 186 g/mol. The minimum Gasteiger partial charge on any atom is -0.341 e. The number of benzene rings is 1. The predicted octanol–water partition coefficient (Wildman–Crippen LogP) is 2.49. The van der Waals surface area contributed by atoms with Crippen LogP contribution in [0.25, 0.3) is 11.4 Å². The van der Waals surface area contributed by atoms with Crippen LogP contribution in [-0.2, 0) is 0 Å². The molecule has 1 atom stereocenters. The summed E-state index contributed by atoms with van der Waals surface area (Å²) in [6.07, 6.45) is 2.73. The van der Waals surface area contributed by atoms with E-state index in [0.29, 0.717) is 0 Å². The van der Waals surface area contributed by atoms with Crippen molar-refractivity contribution in [1.29, 1.82) is 0 Å². The van der Waals surface area contributed by atoms with Crippen molar-refractivity contribution in [3.63, 3.8) is 0 Å². The molecule has 1 aromatic carbocycles. The Morgan fingerprint density at radius 2 is 2.07 bits per heavy atom. The molecule has 0 radical (unpaired) electrons. The van der Waals surface area contributed by atoms with Crippen molar-refractivity contribution >= 4 is 0 Å². The van der Waals surface area contributed by atoms with Crippen LogP contribution in [0.15, 0.2) is 36.5 Å². The zero-order valence-electron chi connectivity index (χ0n) is 8.77. The Kier molecular flexibility index (Phi) is 2.83. The Labute approximate surface area is 89.4 Å². The zero-order valence-corrected chi connectivity index (χ0v) is 8.77. The molecule has 1 unspecified atom stereocenters. The number of nitrogens with one attached hydrogen (secondary N) is 1. The maximum atomic E-state index is 5.91. The van der Waals surface area contributed by atoms with Crippen LogP contribution in [0.3, 0.4) is 0 Å². The zero-order chi connectivity index (χ0) is 10.7. The molecule has 1 heterocycles. The first-order valence-corrected chi connectivity index (χ1v) is 5.17. The van der Waals surface area contributed by atoms with E-state index in [-0.39, 0.29) is 6.04 Å². The van der Waals surface area contributed by atoms with Gasteiger partial charge in [-0.1, -0.05) is 37.3 Å².